The second-order valence-corrected chi connectivity index (χ2v) is 9.85. The summed E-state index contributed by atoms with van der Waals surface area (Å²) in [5, 5.41) is 21.2. The molecule has 0 bridgehead atoms. The van der Waals surface area contributed by atoms with E-state index >= 15 is 0 Å². The number of phenols is 2. The molecule has 0 radical (unpaired) electrons. The fraction of sp³-hybridized carbons (Fsp3) is 0.652. The van der Waals surface area contributed by atoms with Crippen molar-refractivity contribution in [2.75, 3.05) is 0 Å². The molecule has 5 nitrogen and oxygen atoms in total. The van der Waals surface area contributed by atoms with Gasteiger partial charge in [-0.15, -0.1) is 0 Å². The summed E-state index contributed by atoms with van der Waals surface area (Å²) >= 11 is 0. The lowest BCUT2D eigenvalue weighted by molar-refractivity contribution is 0.0145. The molecule has 5 heteroatoms. The van der Waals surface area contributed by atoms with E-state index < -0.39 is 5.75 Å². The number of fused-ring (bicyclic) bond motifs is 3. The van der Waals surface area contributed by atoms with Crippen molar-refractivity contribution in [1.29, 1.82) is 0 Å². The molecule has 2 N–H and O–H groups in total. The molecule has 0 aromatic heterocycles. The van der Waals surface area contributed by atoms with Crippen molar-refractivity contribution in [1.82, 2.24) is 0 Å². The quantitative estimate of drug-likeness (QED) is 0.708. The second kappa shape index (κ2) is 6.23. The first-order valence-electron chi connectivity index (χ1n) is 10.4. The molecule has 3 aliphatic rings. The van der Waals surface area contributed by atoms with Crippen LogP contribution >= 0.6 is 0 Å². The number of hydrogen-bond donors (Lipinski definition) is 2. The molecule has 1 heterocycles. The van der Waals surface area contributed by atoms with Gasteiger partial charge >= 0.3 is 0 Å². The number of carbonyl (C=O) groups is 2. The molecule has 2 aliphatic carbocycles. The van der Waals surface area contributed by atoms with Crippen molar-refractivity contribution in [2.45, 2.75) is 71.3 Å². The molecule has 1 aliphatic heterocycles. The first-order chi connectivity index (χ1) is 13.2. The van der Waals surface area contributed by atoms with Gasteiger partial charge < -0.3 is 14.9 Å². The van der Waals surface area contributed by atoms with Crippen LogP contribution in [-0.2, 0) is 0 Å². The lowest BCUT2D eigenvalue weighted by Gasteiger charge is -2.43. The molecule has 2 fully saturated rings. The number of phenolic OH excluding ortho intramolecular Hbond substituents is 2. The molecule has 1 spiro atoms. The number of carbonyl (C=O) groups excluding carboxylic acids is 2. The van der Waals surface area contributed by atoms with Crippen molar-refractivity contribution in [3.05, 3.63) is 16.7 Å². The van der Waals surface area contributed by atoms with Crippen LogP contribution in [0.3, 0.4) is 0 Å². The van der Waals surface area contributed by atoms with Crippen LogP contribution in [0.5, 0.6) is 17.2 Å². The molecule has 4 atom stereocenters. The Balaban J connectivity index is 1.88. The predicted octanol–water partition coefficient (Wildman–Crippen LogP) is 4.83. The summed E-state index contributed by atoms with van der Waals surface area (Å²) in [6.07, 6.45) is 5.74. The van der Waals surface area contributed by atoms with Gasteiger partial charge in [-0.25, -0.2) is 0 Å². The summed E-state index contributed by atoms with van der Waals surface area (Å²) in [5.41, 5.74) is 0.252. The van der Waals surface area contributed by atoms with E-state index in [1.54, 1.807) is 0 Å². The summed E-state index contributed by atoms with van der Waals surface area (Å²) in [6, 6.07) is 0. The first-order valence-corrected chi connectivity index (χ1v) is 10.4. The molecule has 4 rings (SSSR count). The Bertz CT molecular complexity index is 842. The van der Waals surface area contributed by atoms with Gasteiger partial charge in [-0.3, -0.25) is 9.59 Å². The van der Waals surface area contributed by atoms with Crippen LogP contribution in [0.1, 0.15) is 92.0 Å². The van der Waals surface area contributed by atoms with Crippen molar-refractivity contribution in [2.24, 2.45) is 23.2 Å². The van der Waals surface area contributed by atoms with E-state index in [-0.39, 0.29) is 28.4 Å². The van der Waals surface area contributed by atoms with Crippen molar-refractivity contribution >= 4 is 12.6 Å². The lowest BCUT2D eigenvalue weighted by Crippen LogP contribution is -2.42. The highest BCUT2D eigenvalue weighted by Gasteiger charge is 2.71. The van der Waals surface area contributed by atoms with Gasteiger partial charge in [0.1, 0.15) is 22.8 Å². The van der Waals surface area contributed by atoms with Crippen LogP contribution in [0, 0.1) is 23.2 Å². The van der Waals surface area contributed by atoms with Gasteiger partial charge in [0.25, 0.3) is 0 Å². The van der Waals surface area contributed by atoms with Gasteiger partial charge in [0.05, 0.1) is 11.1 Å². The minimum Gasteiger partial charge on any atom is -0.507 e. The summed E-state index contributed by atoms with van der Waals surface area (Å²) in [5.74, 6) is 0.968. The standard InChI is InChI=1S/C23H30O5/c1-12(2)7-14-8-23(6-5-22(13(3)4)9-17(22)23)28-21-16(11-25)19(26)15(10-24)20(27)18(14)21/h10-14,17,26-27H,5-9H2,1-4H3/t14-,17+,22-,23+/m0/s1. The maximum absolute atomic E-state index is 11.8. The van der Waals surface area contributed by atoms with Crippen LogP contribution in [0.4, 0.5) is 0 Å². The number of hydrogen-bond acceptors (Lipinski definition) is 5. The fourth-order valence-corrected chi connectivity index (χ4v) is 6.23. The molecule has 0 unspecified atom stereocenters. The SMILES string of the molecule is CC(C)C[C@H]1C[C@@]2(CC[C@@]3(C(C)C)C[C@@H]23)Oc2c(C=O)c(O)c(C=O)c(O)c21. The molecule has 1 aromatic carbocycles. The third-order valence-electron chi connectivity index (χ3n) is 7.72. The van der Waals surface area contributed by atoms with Crippen LogP contribution in [-0.4, -0.2) is 28.4 Å². The Morgan fingerprint density at radius 3 is 2.21 bits per heavy atom. The zero-order valence-electron chi connectivity index (χ0n) is 17.1. The van der Waals surface area contributed by atoms with Gasteiger partial charge in [-0.2, -0.15) is 0 Å². The highest BCUT2D eigenvalue weighted by molar-refractivity contribution is 5.95. The average Bonchev–Trinajstić information content (AvgIpc) is 3.30. The van der Waals surface area contributed by atoms with Gasteiger partial charge in [-0.1, -0.05) is 27.7 Å². The largest absolute Gasteiger partial charge is 0.507 e. The first kappa shape index (κ1) is 19.3. The Hall–Kier alpha value is -2.04. The Kier molecular flexibility index (Phi) is 4.29. The predicted molar refractivity (Wildman–Crippen MR) is 105 cm³/mol. The minimum absolute atomic E-state index is 0.00886. The Morgan fingerprint density at radius 1 is 1.04 bits per heavy atom. The van der Waals surface area contributed by atoms with E-state index in [4.69, 9.17) is 4.74 Å². The van der Waals surface area contributed by atoms with E-state index in [1.165, 1.54) is 0 Å². The van der Waals surface area contributed by atoms with Gasteiger partial charge in [0.2, 0.25) is 0 Å². The lowest BCUT2D eigenvalue weighted by atomic mass is 9.75. The van der Waals surface area contributed by atoms with Crippen LogP contribution in [0.15, 0.2) is 0 Å². The zero-order chi connectivity index (χ0) is 20.4. The third-order valence-corrected chi connectivity index (χ3v) is 7.72. The summed E-state index contributed by atoms with van der Waals surface area (Å²) in [7, 11) is 0. The molecular formula is C23H30O5. The molecule has 1 aromatic rings. The molecule has 152 valence electrons. The molecule has 0 amide bonds. The maximum atomic E-state index is 11.8. The van der Waals surface area contributed by atoms with Crippen molar-refractivity contribution in [3.63, 3.8) is 0 Å². The van der Waals surface area contributed by atoms with Crippen LogP contribution < -0.4 is 4.74 Å². The topological polar surface area (TPSA) is 83.8 Å². The number of ether oxygens (including phenoxy) is 1. The smallest absolute Gasteiger partial charge is 0.157 e. The molecular weight excluding hydrogens is 356 g/mol. The van der Waals surface area contributed by atoms with Crippen LogP contribution in [0.25, 0.3) is 0 Å². The normalized spacial score (nSPS) is 32.9. The minimum atomic E-state index is -0.481. The van der Waals surface area contributed by atoms with Crippen LogP contribution in [0.2, 0.25) is 0 Å². The van der Waals surface area contributed by atoms with Crippen molar-refractivity contribution in [3.8, 4) is 17.2 Å². The molecule has 2 saturated carbocycles. The molecule has 28 heavy (non-hydrogen) atoms. The third kappa shape index (κ3) is 2.44. The summed E-state index contributed by atoms with van der Waals surface area (Å²) in [6.45, 7) is 8.80. The number of aldehydes is 2. The monoisotopic (exact) mass is 386 g/mol. The summed E-state index contributed by atoms with van der Waals surface area (Å²) < 4.78 is 6.54. The van der Waals surface area contributed by atoms with Gasteiger partial charge in [0, 0.05) is 11.5 Å². The number of rotatable bonds is 5. The van der Waals surface area contributed by atoms with E-state index in [1.807, 2.05) is 0 Å². The number of aromatic hydroxyl groups is 2. The van der Waals surface area contributed by atoms with E-state index in [2.05, 4.69) is 27.7 Å². The van der Waals surface area contributed by atoms with E-state index in [0.29, 0.717) is 47.1 Å². The number of benzene rings is 1. The second-order valence-electron chi connectivity index (χ2n) is 9.85. The Labute approximate surface area is 166 Å². The maximum Gasteiger partial charge on any atom is 0.157 e. The average molecular weight is 386 g/mol. The Morgan fingerprint density at radius 2 is 1.71 bits per heavy atom. The van der Waals surface area contributed by atoms with Gasteiger partial charge in [-0.05, 0) is 55.3 Å². The van der Waals surface area contributed by atoms with Crippen molar-refractivity contribution < 1.29 is 24.5 Å². The van der Waals surface area contributed by atoms with E-state index in [9.17, 15) is 19.8 Å². The highest BCUT2D eigenvalue weighted by Crippen LogP contribution is 2.74. The molecule has 0 saturated heterocycles. The van der Waals surface area contributed by atoms with E-state index in [0.717, 1.165) is 32.1 Å². The van der Waals surface area contributed by atoms with Gasteiger partial charge in [0.15, 0.2) is 12.6 Å². The fourth-order valence-electron chi connectivity index (χ4n) is 6.23. The highest BCUT2D eigenvalue weighted by atomic mass is 16.5. The summed E-state index contributed by atoms with van der Waals surface area (Å²) in [4.78, 5) is 23.3. The zero-order valence-corrected chi connectivity index (χ0v) is 17.1.